The van der Waals surface area contributed by atoms with Crippen molar-refractivity contribution < 1.29 is 4.79 Å². The van der Waals surface area contributed by atoms with E-state index in [1.807, 2.05) is 73.7 Å². The largest absolute Gasteiger partial charge is 0.346 e. The molecule has 0 fully saturated rings. The molecule has 29 heavy (non-hydrogen) atoms. The second-order valence-electron chi connectivity index (χ2n) is 7.12. The van der Waals surface area contributed by atoms with E-state index < -0.39 is 0 Å². The van der Waals surface area contributed by atoms with Gasteiger partial charge in [0.05, 0.1) is 6.04 Å². The van der Waals surface area contributed by atoms with Crippen LogP contribution in [0.3, 0.4) is 0 Å². The first-order valence-electron chi connectivity index (χ1n) is 9.95. The van der Waals surface area contributed by atoms with Crippen molar-refractivity contribution in [3.63, 3.8) is 0 Å². The summed E-state index contributed by atoms with van der Waals surface area (Å²) in [5.74, 6) is 0.741. The maximum atomic E-state index is 12.8. The van der Waals surface area contributed by atoms with Gasteiger partial charge in [0.15, 0.2) is 5.65 Å². The van der Waals surface area contributed by atoms with Gasteiger partial charge in [-0.1, -0.05) is 49.4 Å². The molecule has 0 saturated heterocycles. The molecule has 0 bridgehead atoms. The van der Waals surface area contributed by atoms with E-state index in [0.29, 0.717) is 5.56 Å². The van der Waals surface area contributed by atoms with Crippen LogP contribution < -0.4 is 5.32 Å². The molecule has 1 N–H and O–H groups in total. The Morgan fingerprint density at radius 2 is 1.90 bits per heavy atom. The zero-order valence-corrected chi connectivity index (χ0v) is 16.7. The number of fused-ring (bicyclic) bond motifs is 1. The Balaban J connectivity index is 1.65. The van der Waals surface area contributed by atoms with E-state index in [2.05, 4.69) is 21.8 Å². The van der Waals surface area contributed by atoms with Crippen LogP contribution in [0.2, 0.25) is 0 Å². The molecule has 0 saturated carbocycles. The lowest BCUT2D eigenvalue weighted by atomic mass is 10.1. The fourth-order valence-electron chi connectivity index (χ4n) is 3.52. The molecule has 2 heterocycles. The number of carbonyl (C=O) groups is 1. The van der Waals surface area contributed by atoms with E-state index in [1.165, 1.54) is 0 Å². The highest BCUT2D eigenvalue weighted by molar-refractivity contribution is 5.95. The van der Waals surface area contributed by atoms with Crippen LogP contribution in [0.4, 0.5) is 0 Å². The normalized spacial score (nSPS) is 12.1. The molecule has 2 aromatic carbocycles. The number of hydrogen-bond donors (Lipinski definition) is 1. The van der Waals surface area contributed by atoms with Gasteiger partial charge in [0.1, 0.15) is 11.3 Å². The number of benzene rings is 2. The van der Waals surface area contributed by atoms with E-state index in [-0.39, 0.29) is 11.9 Å². The number of nitrogens with zero attached hydrogens (tertiary/aromatic N) is 3. The van der Waals surface area contributed by atoms with E-state index in [1.54, 1.807) is 6.20 Å². The number of amides is 1. The number of aromatic nitrogens is 3. The summed E-state index contributed by atoms with van der Waals surface area (Å²) in [6, 6.07) is 21.4. The van der Waals surface area contributed by atoms with E-state index in [0.717, 1.165) is 41.1 Å². The molecule has 4 aromatic rings. The second kappa shape index (κ2) is 8.27. The van der Waals surface area contributed by atoms with Crippen molar-refractivity contribution in [1.82, 2.24) is 19.9 Å². The Morgan fingerprint density at radius 3 is 2.69 bits per heavy atom. The van der Waals surface area contributed by atoms with E-state index in [9.17, 15) is 4.79 Å². The van der Waals surface area contributed by atoms with Crippen molar-refractivity contribution in [2.75, 3.05) is 0 Å². The molecule has 0 aliphatic carbocycles. The molecule has 0 radical (unpaired) electrons. The minimum Gasteiger partial charge on any atom is -0.346 e. The number of nitrogens with one attached hydrogen (secondary N) is 1. The summed E-state index contributed by atoms with van der Waals surface area (Å²) >= 11 is 0. The molecule has 2 aromatic heterocycles. The standard InChI is InChI=1S/C24H24N4O/c1-3-15-28-22(27-21-13-8-14-25-23(21)28)19-11-7-12-20(16-19)24(29)26-17(2)18-9-5-4-6-10-18/h4-14,16-17H,3,15H2,1-2H3,(H,26,29)/t17-/m0/s1. The second-order valence-corrected chi connectivity index (χ2v) is 7.12. The lowest BCUT2D eigenvalue weighted by Crippen LogP contribution is -2.26. The molecule has 0 aliphatic heterocycles. The molecule has 5 heteroatoms. The zero-order valence-electron chi connectivity index (χ0n) is 16.7. The maximum Gasteiger partial charge on any atom is 0.251 e. The van der Waals surface area contributed by atoms with Crippen molar-refractivity contribution in [3.05, 3.63) is 84.1 Å². The Labute approximate surface area is 170 Å². The van der Waals surface area contributed by atoms with Crippen LogP contribution in [0.5, 0.6) is 0 Å². The van der Waals surface area contributed by atoms with Gasteiger partial charge in [-0.3, -0.25) is 4.79 Å². The van der Waals surface area contributed by atoms with Gasteiger partial charge in [-0.05, 0) is 43.2 Å². The highest BCUT2D eigenvalue weighted by atomic mass is 16.1. The van der Waals surface area contributed by atoms with E-state index in [4.69, 9.17) is 4.98 Å². The van der Waals surface area contributed by atoms with Gasteiger partial charge in [-0.2, -0.15) is 0 Å². The number of imidazole rings is 1. The Hall–Kier alpha value is -3.47. The average Bonchev–Trinajstić information content (AvgIpc) is 3.13. The summed E-state index contributed by atoms with van der Waals surface area (Å²) in [6.07, 6.45) is 2.76. The number of pyridine rings is 1. The lowest BCUT2D eigenvalue weighted by Gasteiger charge is -2.15. The molecular formula is C24H24N4O. The quantitative estimate of drug-likeness (QED) is 0.509. The Morgan fingerprint density at radius 1 is 1.07 bits per heavy atom. The zero-order chi connectivity index (χ0) is 20.2. The first-order valence-corrected chi connectivity index (χ1v) is 9.95. The van der Waals surface area contributed by atoms with Gasteiger partial charge in [-0.15, -0.1) is 0 Å². The number of carbonyl (C=O) groups excluding carboxylic acids is 1. The number of hydrogen-bond acceptors (Lipinski definition) is 3. The van der Waals surface area contributed by atoms with Gasteiger partial charge in [0, 0.05) is 23.9 Å². The van der Waals surface area contributed by atoms with Crippen molar-refractivity contribution in [3.8, 4) is 11.4 Å². The number of aryl methyl sites for hydroxylation is 1. The topological polar surface area (TPSA) is 59.8 Å². The first kappa shape index (κ1) is 18.9. The van der Waals surface area contributed by atoms with Crippen molar-refractivity contribution in [2.45, 2.75) is 32.9 Å². The molecular weight excluding hydrogens is 360 g/mol. The van der Waals surface area contributed by atoms with Crippen LogP contribution in [0.1, 0.15) is 42.2 Å². The third-order valence-electron chi connectivity index (χ3n) is 4.98. The van der Waals surface area contributed by atoms with Crippen molar-refractivity contribution in [1.29, 1.82) is 0 Å². The molecule has 5 nitrogen and oxygen atoms in total. The van der Waals surface area contributed by atoms with Gasteiger partial charge >= 0.3 is 0 Å². The highest BCUT2D eigenvalue weighted by Gasteiger charge is 2.16. The Kier molecular flexibility index (Phi) is 5.38. The molecule has 1 atom stereocenters. The van der Waals surface area contributed by atoms with Crippen LogP contribution >= 0.6 is 0 Å². The molecule has 146 valence electrons. The summed E-state index contributed by atoms with van der Waals surface area (Å²) in [4.78, 5) is 22.1. The third-order valence-corrected chi connectivity index (χ3v) is 4.98. The van der Waals surface area contributed by atoms with Crippen LogP contribution in [-0.4, -0.2) is 20.4 Å². The predicted octanol–water partition coefficient (Wildman–Crippen LogP) is 5.00. The highest BCUT2D eigenvalue weighted by Crippen LogP contribution is 2.25. The molecule has 0 spiro atoms. The molecule has 0 unspecified atom stereocenters. The predicted molar refractivity (Wildman–Crippen MR) is 116 cm³/mol. The van der Waals surface area contributed by atoms with Crippen LogP contribution in [0.15, 0.2) is 72.9 Å². The minimum atomic E-state index is -0.0977. The summed E-state index contributed by atoms with van der Waals surface area (Å²) in [7, 11) is 0. The fraction of sp³-hybridized carbons (Fsp3) is 0.208. The third kappa shape index (κ3) is 3.90. The molecule has 0 aliphatic rings. The number of rotatable bonds is 6. The Bertz CT molecular complexity index is 1130. The van der Waals surface area contributed by atoms with Crippen molar-refractivity contribution >= 4 is 17.1 Å². The van der Waals surface area contributed by atoms with Crippen molar-refractivity contribution in [2.24, 2.45) is 0 Å². The lowest BCUT2D eigenvalue weighted by molar-refractivity contribution is 0.0940. The summed E-state index contributed by atoms with van der Waals surface area (Å²) in [5, 5.41) is 3.08. The first-order chi connectivity index (χ1) is 14.2. The monoisotopic (exact) mass is 384 g/mol. The van der Waals surface area contributed by atoms with Gasteiger partial charge in [-0.25, -0.2) is 9.97 Å². The molecule has 4 rings (SSSR count). The van der Waals surface area contributed by atoms with Gasteiger partial charge in [0.25, 0.3) is 5.91 Å². The average molecular weight is 384 g/mol. The molecule has 1 amide bonds. The van der Waals surface area contributed by atoms with E-state index >= 15 is 0 Å². The van der Waals surface area contributed by atoms with Gasteiger partial charge < -0.3 is 9.88 Å². The summed E-state index contributed by atoms with van der Waals surface area (Å²) < 4.78 is 2.12. The SMILES string of the molecule is CCCn1c(-c2cccc(C(=O)N[C@@H](C)c3ccccc3)c2)nc2cccnc21. The summed E-state index contributed by atoms with van der Waals surface area (Å²) in [5.41, 5.74) is 4.35. The summed E-state index contributed by atoms with van der Waals surface area (Å²) in [6.45, 7) is 4.95. The van der Waals surface area contributed by atoms with Crippen LogP contribution in [-0.2, 0) is 6.54 Å². The fourth-order valence-corrected chi connectivity index (χ4v) is 3.52. The van der Waals surface area contributed by atoms with Crippen LogP contribution in [0.25, 0.3) is 22.6 Å². The van der Waals surface area contributed by atoms with Gasteiger partial charge in [0.2, 0.25) is 0 Å². The maximum absolute atomic E-state index is 12.8. The minimum absolute atomic E-state index is 0.0683. The smallest absolute Gasteiger partial charge is 0.251 e. The van der Waals surface area contributed by atoms with Crippen LogP contribution in [0, 0.1) is 0 Å².